The Balaban J connectivity index is 2.56. The molecule has 0 bridgehead atoms. The fraction of sp³-hybridized carbons (Fsp3) is 0.571. The highest BCUT2D eigenvalue weighted by Gasteiger charge is 2.29. The van der Waals surface area contributed by atoms with Crippen LogP contribution in [0.2, 0.25) is 0 Å². The lowest BCUT2D eigenvalue weighted by Crippen LogP contribution is -2.25. The van der Waals surface area contributed by atoms with Gasteiger partial charge in [-0.1, -0.05) is 29.4 Å². The molecule has 0 amide bonds. The molecule has 0 atom stereocenters. The Morgan fingerprint density at radius 1 is 1.60 bits per heavy atom. The molecule has 1 aliphatic rings. The first-order valence-electron chi connectivity index (χ1n) is 2.94. The lowest BCUT2D eigenvalue weighted by atomic mass is 9.98. The van der Waals surface area contributed by atoms with E-state index in [1.807, 2.05) is 6.92 Å². The molecule has 1 rings (SSSR count). The minimum Gasteiger partial charge on any atom is -0.274 e. The standard InChI is InChI=1S/C7H8OS2/c1-3-7(2)4-9-6(8)10-5-7/h1H,4-5H2,2H3. The minimum absolute atomic E-state index is 0.0662. The monoisotopic (exact) mass is 172 g/mol. The van der Waals surface area contributed by atoms with Gasteiger partial charge < -0.3 is 0 Å². The quantitative estimate of drug-likeness (QED) is 0.522. The summed E-state index contributed by atoms with van der Waals surface area (Å²) in [6, 6.07) is 0. The highest BCUT2D eigenvalue weighted by Crippen LogP contribution is 2.36. The molecule has 0 aromatic rings. The molecular formula is C7H8OS2. The Labute approximate surface area is 69.3 Å². The van der Waals surface area contributed by atoms with Gasteiger partial charge in [0.05, 0.1) is 0 Å². The fourth-order valence-corrected chi connectivity index (χ4v) is 2.66. The maximum atomic E-state index is 10.7. The van der Waals surface area contributed by atoms with Gasteiger partial charge in [-0.05, 0) is 6.92 Å². The molecule has 0 aliphatic carbocycles. The molecule has 1 nitrogen and oxygen atoms in total. The number of carbonyl (C=O) groups is 1. The summed E-state index contributed by atoms with van der Waals surface area (Å²) in [5.74, 6) is 4.25. The zero-order valence-electron chi connectivity index (χ0n) is 5.72. The van der Waals surface area contributed by atoms with E-state index in [0.717, 1.165) is 11.5 Å². The zero-order valence-corrected chi connectivity index (χ0v) is 7.35. The van der Waals surface area contributed by atoms with Gasteiger partial charge in [-0.3, -0.25) is 4.79 Å². The maximum absolute atomic E-state index is 10.7. The summed E-state index contributed by atoms with van der Waals surface area (Å²) < 4.78 is 0.202. The topological polar surface area (TPSA) is 17.1 Å². The number of carbonyl (C=O) groups excluding carboxylic acids is 1. The van der Waals surface area contributed by atoms with E-state index < -0.39 is 0 Å². The Morgan fingerprint density at radius 3 is 2.50 bits per heavy atom. The smallest absolute Gasteiger partial charge is 0.246 e. The summed E-state index contributed by atoms with van der Waals surface area (Å²) in [5, 5.41) is 0. The van der Waals surface area contributed by atoms with Crippen molar-refractivity contribution in [1.82, 2.24) is 0 Å². The molecule has 0 aromatic carbocycles. The predicted molar refractivity (Wildman–Crippen MR) is 47.3 cm³/mol. The normalized spacial score (nSPS) is 23.8. The van der Waals surface area contributed by atoms with Gasteiger partial charge in [0.15, 0.2) is 0 Å². The van der Waals surface area contributed by atoms with Crippen LogP contribution in [-0.2, 0) is 0 Å². The second-order valence-electron chi connectivity index (χ2n) is 2.53. The van der Waals surface area contributed by atoms with Crippen molar-refractivity contribution >= 4 is 28.0 Å². The van der Waals surface area contributed by atoms with E-state index in [-0.39, 0.29) is 9.86 Å². The minimum atomic E-state index is -0.0662. The van der Waals surface area contributed by atoms with Gasteiger partial charge in [-0.25, -0.2) is 0 Å². The molecule has 0 spiro atoms. The van der Waals surface area contributed by atoms with Gasteiger partial charge in [0.1, 0.15) is 0 Å². The highest BCUT2D eigenvalue weighted by molar-refractivity contribution is 8.39. The van der Waals surface area contributed by atoms with Crippen LogP contribution < -0.4 is 0 Å². The summed E-state index contributed by atoms with van der Waals surface area (Å²) in [7, 11) is 0. The Morgan fingerprint density at radius 2 is 2.10 bits per heavy atom. The van der Waals surface area contributed by atoms with E-state index in [1.54, 1.807) is 0 Å². The molecular weight excluding hydrogens is 164 g/mol. The van der Waals surface area contributed by atoms with Crippen LogP contribution >= 0.6 is 23.5 Å². The van der Waals surface area contributed by atoms with Crippen LogP contribution in [-0.4, -0.2) is 16.0 Å². The molecule has 1 aliphatic heterocycles. The summed E-state index contributed by atoms with van der Waals surface area (Å²) in [4.78, 5) is 10.7. The van der Waals surface area contributed by atoms with E-state index >= 15 is 0 Å². The molecule has 3 heteroatoms. The van der Waals surface area contributed by atoms with Crippen LogP contribution in [0.3, 0.4) is 0 Å². The van der Waals surface area contributed by atoms with Gasteiger partial charge in [-0.2, -0.15) is 0 Å². The summed E-state index contributed by atoms with van der Waals surface area (Å²) >= 11 is 2.66. The van der Waals surface area contributed by atoms with Gasteiger partial charge in [0.2, 0.25) is 4.45 Å². The first kappa shape index (κ1) is 8.03. The Kier molecular flexibility index (Phi) is 2.32. The third-order valence-electron chi connectivity index (χ3n) is 1.37. The first-order valence-corrected chi connectivity index (χ1v) is 4.91. The third kappa shape index (κ3) is 1.71. The Bertz CT molecular complexity index is 182. The van der Waals surface area contributed by atoms with Crippen LogP contribution in [0.25, 0.3) is 0 Å². The second-order valence-corrected chi connectivity index (χ2v) is 4.69. The van der Waals surface area contributed by atoms with Crippen LogP contribution in [0.5, 0.6) is 0 Å². The second kappa shape index (κ2) is 2.89. The van der Waals surface area contributed by atoms with Gasteiger partial charge in [0.25, 0.3) is 0 Å². The number of hydrogen-bond donors (Lipinski definition) is 0. The predicted octanol–water partition coefficient (Wildman–Crippen LogP) is 2.23. The molecule has 0 radical (unpaired) electrons. The molecule has 1 saturated heterocycles. The largest absolute Gasteiger partial charge is 0.274 e. The summed E-state index contributed by atoms with van der Waals surface area (Å²) in [5.41, 5.74) is -0.0662. The molecule has 0 unspecified atom stereocenters. The highest BCUT2D eigenvalue weighted by atomic mass is 32.2. The van der Waals surface area contributed by atoms with Crippen molar-refractivity contribution in [2.24, 2.45) is 5.41 Å². The fourth-order valence-electron chi connectivity index (χ4n) is 0.603. The van der Waals surface area contributed by atoms with Crippen molar-refractivity contribution < 1.29 is 4.79 Å². The lowest BCUT2D eigenvalue weighted by molar-refractivity contribution is 0.276. The average Bonchev–Trinajstić information content (AvgIpc) is 1.96. The van der Waals surface area contributed by atoms with Gasteiger partial charge in [-0.15, -0.1) is 6.42 Å². The first-order chi connectivity index (χ1) is 4.66. The van der Waals surface area contributed by atoms with Crippen LogP contribution in [0, 0.1) is 17.8 Å². The Hall–Kier alpha value is -0.0700. The van der Waals surface area contributed by atoms with E-state index in [4.69, 9.17) is 6.42 Å². The molecule has 54 valence electrons. The third-order valence-corrected chi connectivity index (χ3v) is 4.11. The van der Waals surface area contributed by atoms with Crippen molar-refractivity contribution in [3.05, 3.63) is 0 Å². The van der Waals surface area contributed by atoms with Crippen molar-refractivity contribution in [2.45, 2.75) is 6.92 Å². The number of terminal acetylenes is 1. The van der Waals surface area contributed by atoms with Crippen LogP contribution in [0.4, 0.5) is 4.79 Å². The van der Waals surface area contributed by atoms with E-state index in [9.17, 15) is 4.79 Å². The van der Waals surface area contributed by atoms with E-state index in [2.05, 4.69) is 5.92 Å². The number of rotatable bonds is 0. The zero-order chi connectivity index (χ0) is 7.61. The number of hydrogen-bond acceptors (Lipinski definition) is 3. The lowest BCUT2D eigenvalue weighted by Gasteiger charge is -2.25. The summed E-state index contributed by atoms with van der Waals surface area (Å²) in [6.45, 7) is 2.01. The van der Waals surface area contributed by atoms with Gasteiger partial charge >= 0.3 is 0 Å². The molecule has 0 aromatic heterocycles. The van der Waals surface area contributed by atoms with Crippen molar-refractivity contribution in [3.63, 3.8) is 0 Å². The van der Waals surface area contributed by atoms with Crippen molar-refractivity contribution in [1.29, 1.82) is 0 Å². The van der Waals surface area contributed by atoms with E-state index in [0.29, 0.717) is 0 Å². The van der Waals surface area contributed by atoms with Crippen molar-refractivity contribution in [3.8, 4) is 12.3 Å². The molecule has 10 heavy (non-hydrogen) atoms. The average molecular weight is 172 g/mol. The summed E-state index contributed by atoms with van der Waals surface area (Å²) in [6.07, 6.45) is 5.29. The number of thioether (sulfide) groups is 2. The molecule has 0 saturated carbocycles. The molecule has 0 N–H and O–H groups in total. The SMILES string of the molecule is C#CC1(C)CSC(=O)SC1. The van der Waals surface area contributed by atoms with Crippen LogP contribution in [0.1, 0.15) is 6.92 Å². The van der Waals surface area contributed by atoms with Gasteiger partial charge in [0, 0.05) is 16.9 Å². The molecule has 1 heterocycles. The maximum Gasteiger partial charge on any atom is 0.246 e. The van der Waals surface area contributed by atoms with Crippen molar-refractivity contribution in [2.75, 3.05) is 11.5 Å². The van der Waals surface area contributed by atoms with Crippen LogP contribution in [0.15, 0.2) is 0 Å². The molecule has 1 fully saturated rings. The van der Waals surface area contributed by atoms with E-state index in [1.165, 1.54) is 23.5 Å².